The second kappa shape index (κ2) is 10.3. The molecule has 0 aliphatic rings. The summed E-state index contributed by atoms with van der Waals surface area (Å²) in [6.07, 6.45) is 2.18. The van der Waals surface area contributed by atoms with Crippen molar-refractivity contribution in [2.45, 2.75) is 52.6 Å². The summed E-state index contributed by atoms with van der Waals surface area (Å²) in [6, 6.07) is -1.06. The molecule has 0 bridgehead atoms. The van der Waals surface area contributed by atoms with E-state index in [0.29, 0.717) is 12.3 Å². The fourth-order valence-corrected chi connectivity index (χ4v) is 2.24. The first-order valence-corrected chi connectivity index (χ1v) is 7.94. The highest BCUT2D eigenvalue weighted by Gasteiger charge is 2.31. The third-order valence-corrected chi connectivity index (χ3v) is 3.85. The molecule has 6 heteroatoms. The van der Waals surface area contributed by atoms with Crippen molar-refractivity contribution in [1.29, 1.82) is 0 Å². The Kier molecular flexibility index (Phi) is 9.65. The van der Waals surface area contributed by atoms with Crippen LogP contribution in [-0.4, -0.2) is 55.7 Å². The van der Waals surface area contributed by atoms with Gasteiger partial charge in [-0.2, -0.15) is 0 Å². The number of carbonyl (C=O) groups is 3. The zero-order chi connectivity index (χ0) is 17.3. The van der Waals surface area contributed by atoms with Crippen LogP contribution >= 0.6 is 0 Å². The van der Waals surface area contributed by atoms with Gasteiger partial charge in [0.1, 0.15) is 12.3 Å². The highest BCUT2D eigenvalue weighted by atomic mass is 16.2. The normalized spacial score (nSPS) is 15.0. The van der Waals surface area contributed by atoms with Crippen LogP contribution in [0.25, 0.3) is 0 Å². The molecule has 0 aliphatic carbocycles. The molecular weight excluding hydrogens is 282 g/mol. The zero-order valence-corrected chi connectivity index (χ0v) is 14.7. The van der Waals surface area contributed by atoms with E-state index < -0.39 is 12.1 Å². The Morgan fingerprint density at radius 2 is 1.82 bits per heavy atom. The van der Waals surface area contributed by atoms with Gasteiger partial charge in [-0.1, -0.05) is 34.1 Å². The molecule has 0 heterocycles. The lowest BCUT2D eigenvalue weighted by Crippen LogP contribution is -2.54. The van der Waals surface area contributed by atoms with E-state index in [2.05, 4.69) is 10.6 Å². The zero-order valence-electron chi connectivity index (χ0n) is 14.7. The first kappa shape index (κ1) is 20.6. The molecule has 0 unspecified atom stereocenters. The van der Waals surface area contributed by atoms with E-state index in [1.165, 1.54) is 4.90 Å². The quantitative estimate of drug-likeness (QED) is 0.585. The van der Waals surface area contributed by atoms with Gasteiger partial charge in [0.2, 0.25) is 11.8 Å². The molecule has 0 rings (SSSR count). The van der Waals surface area contributed by atoms with Crippen molar-refractivity contribution in [1.82, 2.24) is 15.5 Å². The number of nitrogens with one attached hydrogen (secondary N) is 2. The van der Waals surface area contributed by atoms with Crippen LogP contribution in [0.2, 0.25) is 0 Å². The van der Waals surface area contributed by atoms with Gasteiger partial charge in [-0.05, 0) is 25.3 Å². The average Bonchev–Trinajstić information content (AvgIpc) is 2.48. The van der Waals surface area contributed by atoms with Gasteiger partial charge in [0.25, 0.3) is 0 Å². The third kappa shape index (κ3) is 6.56. The van der Waals surface area contributed by atoms with Crippen LogP contribution in [0.4, 0.5) is 0 Å². The number of amides is 2. The van der Waals surface area contributed by atoms with Crippen LogP contribution in [0, 0.1) is 11.8 Å². The van der Waals surface area contributed by atoms with E-state index in [1.54, 1.807) is 14.1 Å². The molecule has 0 saturated heterocycles. The highest BCUT2D eigenvalue weighted by molar-refractivity contribution is 5.89. The number of hydrogen-bond donors (Lipinski definition) is 2. The monoisotopic (exact) mass is 313 g/mol. The van der Waals surface area contributed by atoms with Gasteiger partial charge in [-0.3, -0.25) is 9.59 Å². The SMILES string of the molecule is CC[C@H](C)[C@H](NC(=O)CNC)C(=O)N(C)[C@H](C=O)CC(C)C. The molecule has 0 aromatic rings. The topological polar surface area (TPSA) is 78.5 Å². The smallest absolute Gasteiger partial charge is 0.245 e. The van der Waals surface area contributed by atoms with E-state index in [-0.39, 0.29) is 24.3 Å². The summed E-state index contributed by atoms with van der Waals surface area (Å²) in [7, 11) is 3.31. The second-order valence-electron chi connectivity index (χ2n) is 6.24. The number of hydrogen-bond acceptors (Lipinski definition) is 4. The number of carbonyl (C=O) groups excluding carboxylic acids is 3. The molecule has 0 aromatic carbocycles. The van der Waals surface area contributed by atoms with E-state index in [9.17, 15) is 14.4 Å². The van der Waals surface area contributed by atoms with Crippen LogP contribution in [0.1, 0.15) is 40.5 Å². The number of aldehydes is 1. The summed E-state index contributed by atoms with van der Waals surface area (Å²) in [5.74, 6) is -0.119. The van der Waals surface area contributed by atoms with Gasteiger partial charge in [0.15, 0.2) is 0 Å². The summed E-state index contributed by atoms with van der Waals surface area (Å²) in [6.45, 7) is 8.08. The maximum absolute atomic E-state index is 12.7. The number of nitrogens with zero attached hydrogens (tertiary/aromatic N) is 1. The molecule has 0 aromatic heterocycles. The molecule has 0 saturated carbocycles. The molecule has 3 atom stereocenters. The Morgan fingerprint density at radius 3 is 2.23 bits per heavy atom. The Balaban J connectivity index is 5.07. The summed E-state index contributed by atoms with van der Waals surface area (Å²) < 4.78 is 0. The van der Waals surface area contributed by atoms with Crippen LogP contribution in [-0.2, 0) is 14.4 Å². The fraction of sp³-hybridized carbons (Fsp3) is 0.812. The Hall–Kier alpha value is -1.43. The summed E-state index contributed by atoms with van der Waals surface area (Å²) in [4.78, 5) is 37.2. The number of likely N-dealkylation sites (N-methyl/N-ethyl adjacent to an activating group) is 2. The van der Waals surface area contributed by atoms with Crippen LogP contribution in [0.15, 0.2) is 0 Å². The Bertz CT molecular complexity index is 372. The van der Waals surface area contributed by atoms with Crippen molar-refractivity contribution in [2.75, 3.05) is 20.6 Å². The van der Waals surface area contributed by atoms with Crippen molar-refractivity contribution < 1.29 is 14.4 Å². The lowest BCUT2D eigenvalue weighted by Gasteiger charge is -2.32. The minimum absolute atomic E-state index is 0.00195. The largest absolute Gasteiger partial charge is 0.343 e. The van der Waals surface area contributed by atoms with Gasteiger partial charge >= 0.3 is 0 Å². The second-order valence-corrected chi connectivity index (χ2v) is 6.24. The van der Waals surface area contributed by atoms with E-state index >= 15 is 0 Å². The summed E-state index contributed by atoms with van der Waals surface area (Å²) in [5.41, 5.74) is 0. The van der Waals surface area contributed by atoms with Crippen molar-refractivity contribution in [3.05, 3.63) is 0 Å². The molecule has 6 nitrogen and oxygen atoms in total. The van der Waals surface area contributed by atoms with Gasteiger partial charge in [0, 0.05) is 7.05 Å². The highest BCUT2D eigenvalue weighted by Crippen LogP contribution is 2.14. The minimum atomic E-state index is -0.606. The summed E-state index contributed by atoms with van der Waals surface area (Å²) >= 11 is 0. The first-order valence-electron chi connectivity index (χ1n) is 7.94. The molecule has 0 aliphatic heterocycles. The minimum Gasteiger partial charge on any atom is -0.343 e. The van der Waals surface area contributed by atoms with Gasteiger partial charge in [0.05, 0.1) is 12.6 Å². The Labute approximate surface area is 134 Å². The lowest BCUT2D eigenvalue weighted by atomic mass is 9.96. The van der Waals surface area contributed by atoms with Crippen LogP contribution in [0.5, 0.6) is 0 Å². The summed E-state index contributed by atoms with van der Waals surface area (Å²) in [5, 5.41) is 5.54. The molecule has 2 amide bonds. The number of rotatable bonds is 10. The first-order chi connectivity index (χ1) is 10.3. The Morgan fingerprint density at radius 1 is 1.23 bits per heavy atom. The van der Waals surface area contributed by atoms with E-state index in [4.69, 9.17) is 0 Å². The lowest BCUT2D eigenvalue weighted by molar-refractivity contribution is -0.140. The maximum Gasteiger partial charge on any atom is 0.245 e. The van der Waals surface area contributed by atoms with Crippen molar-refractivity contribution in [3.8, 4) is 0 Å². The van der Waals surface area contributed by atoms with Gasteiger partial charge in [-0.15, -0.1) is 0 Å². The van der Waals surface area contributed by atoms with Crippen LogP contribution < -0.4 is 10.6 Å². The van der Waals surface area contributed by atoms with Crippen molar-refractivity contribution in [3.63, 3.8) is 0 Å². The van der Waals surface area contributed by atoms with Gasteiger partial charge < -0.3 is 20.3 Å². The molecule has 22 heavy (non-hydrogen) atoms. The predicted octanol–water partition coefficient (Wildman–Crippen LogP) is 0.809. The van der Waals surface area contributed by atoms with Gasteiger partial charge in [-0.25, -0.2) is 0 Å². The molecule has 0 spiro atoms. The molecule has 0 fully saturated rings. The standard InChI is InChI=1S/C16H31N3O3/c1-7-12(4)15(18-14(21)9-17-5)16(22)19(6)13(10-20)8-11(2)3/h10-13,15,17H,7-9H2,1-6H3,(H,18,21)/t12-,13-,15-/m0/s1. The molecular formula is C16H31N3O3. The molecule has 0 radical (unpaired) electrons. The predicted molar refractivity (Wildman–Crippen MR) is 87.4 cm³/mol. The molecule has 2 N–H and O–H groups in total. The molecule has 128 valence electrons. The van der Waals surface area contributed by atoms with E-state index in [0.717, 1.165) is 12.7 Å². The van der Waals surface area contributed by atoms with E-state index in [1.807, 2.05) is 27.7 Å². The van der Waals surface area contributed by atoms with Crippen molar-refractivity contribution >= 4 is 18.1 Å². The van der Waals surface area contributed by atoms with Crippen LogP contribution in [0.3, 0.4) is 0 Å². The third-order valence-electron chi connectivity index (χ3n) is 3.85. The average molecular weight is 313 g/mol. The fourth-order valence-electron chi connectivity index (χ4n) is 2.24. The van der Waals surface area contributed by atoms with Crippen molar-refractivity contribution in [2.24, 2.45) is 11.8 Å². The maximum atomic E-state index is 12.7.